The summed E-state index contributed by atoms with van der Waals surface area (Å²) in [6, 6.07) is 10.2. The Balaban J connectivity index is 0.000000774. The van der Waals surface area contributed by atoms with Crippen molar-refractivity contribution in [3.63, 3.8) is 0 Å². The van der Waals surface area contributed by atoms with Crippen LogP contribution in [0, 0.1) is 17.8 Å². The maximum absolute atomic E-state index is 13.9. The summed E-state index contributed by atoms with van der Waals surface area (Å²) in [5.74, 6) is -2.97. The van der Waals surface area contributed by atoms with Crippen LogP contribution in [0.15, 0.2) is 30.3 Å². The molecule has 3 rings (SSSR count). The van der Waals surface area contributed by atoms with Crippen molar-refractivity contribution in [2.24, 2.45) is 17.8 Å². The van der Waals surface area contributed by atoms with Crippen molar-refractivity contribution in [1.29, 1.82) is 0 Å². The summed E-state index contributed by atoms with van der Waals surface area (Å²) < 4.78 is 27.9. The van der Waals surface area contributed by atoms with Gasteiger partial charge in [-0.2, -0.15) is 0 Å². The fraction of sp³-hybridized carbons (Fsp3) is 0.684. The lowest BCUT2D eigenvalue weighted by Crippen LogP contribution is -2.35. The number of hydrogen-bond acceptors (Lipinski definition) is 0. The summed E-state index contributed by atoms with van der Waals surface area (Å²) in [6.45, 7) is 8.32. The Labute approximate surface area is 128 Å². The average Bonchev–Trinajstić information content (AvgIpc) is 3.11. The molecule has 2 heteroatoms. The number of alkyl halides is 2. The van der Waals surface area contributed by atoms with E-state index in [9.17, 15) is 8.78 Å². The number of halogens is 2. The Morgan fingerprint density at radius 1 is 1.14 bits per heavy atom. The van der Waals surface area contributed by atoms with E-state index in [4.69, 9.17) is 0 Å². The fourth-order valence-electron chi connectivity index (χ4n) is 4.29. The van der Waals surface area contributed by atoms with Crippen molar-refractivity contribution in [3.8, 4) is 0 Å². The van der Waals surface area contributed by atoms with Crippen LogP contribution in [0.1, 0.15) is 58.9 Å². The van der Waals surface area contributed by atoms with Crippen molar-refractivity contribution in [1.82, 2.24) is 0 Å². The number of benzene rings is 1. The molecule has 4 atom stereocenters. The average molecular weight is 294 g/mol. The maximum Gasteiger partial charge on any atom is 0.254 e. The van der Waals surface area contributed by atoms with Gasteiger partial charge in [-0.25, -0.2) is 8.78 Å². The van der Waals surface area contributed by atoms with Crippen LogP contribution in [-0.4, -0.2) is 5.92 Å². The summed E-state index contributed by atoms with van der Waals surface area (Å²) in [6.07, 6.45) is 3.57. The molecule has 0 aromatic heterocycles. The standard InChI is InChI=1S/C17H22F2.C2H6/c1-3-16(2,12-8-5-4-6-9-12)13-10-7-11-14-15(13)17(14,18)19;1-2/h4-6,8-9,13-15H,3,7,10-11H2,1-2H3;1-2H3. The molecule has 0 amide bonds. The zero-order valence-corrected chi connectivity index (χ0v) is 13.7. The van der Waals surface area contributed by atoms with E-state index in [0.29, 0.717) is 0 Å². The highest BCUT2D eigenvalue weighted by Gasteiger charge is 2.72. The first-order chi connectivity index (χ1) is 10.0. The molecular weight excluding hydrogens is 266 g/mol. The minimum atomic E-state index is -2.40. The Hall–Kier alpha value is -0.920. The van der Waals surface area contributed by atoms with Gasteiger partial charge < -0.3 is 0 Å². The van der Waals surface area contributed by atoms with Gasteiger partial charge in [0.1, 0.15) is 0 Å². The monoisotopic (exact) mass is 294 g/mol. The minimum Gasteiger partial charge on any atom is -0.206 e. The molecule has 2 fully saturated rings. The third kappa shape index (κ3) is 2.62. The van der Waals surface area contributed by atoms with Crippen LogP contribution in [0.2, 0.25) is 0 Å². The van der Waals surface area contributed by atoms with Gasteiger partial charge in [0, 0.05) is 11.8 Å². The first-order valence-corrected chi connectivity index (χ1v) is 8.45. The molecule has 0 aliphatic heterocycles. The number of hydrogen-bond donors (Lipinski definition) is 0. The molecule has 0 nitrogen and oxygen atoms in total. The summed E-state index contributed by atoms with van der Waals surface area (Å²) in [5, 5.41) is 0. The van der Waals surface area contributed by atoms with E-state index in [1.807, 2.05) is 32.0 Å². The second-order valence-electron chi connectivity index (χ2n) is 6.48. The summed E-state index contributed by atoms with van der Waals surface area (Å²) in [7, 11) is 0. The minimum absolute atomic E-state index is 0.107. The zero-order chi connectivity index (χ0) is 15.7. The molecule has 0 heterocycles. The SMILES string of the molecule is CC.CCC(C)(c1ccccc1)C1CCCC2C1C2(F)F. The van der Waals surface area contributed by atoms with E-state index in [-0.39, 0.29) is 23.2 Å². The van der Waals surface area contributed by atoms with Crippen molar-refractivity contribution in [2.75, 3.05) is 0 Å². The number of rotatable bonds is 3. The third-order valence-corrected chi connectivity index (χ3v) is 5.71. The smallest absolute Gasteiger partial charge is 0.206 e. The maximum atomic E-state index is 13.9. The van der Waals surface area contributed by atoms with Crippen molar-refractivity contribution < 1.29 is 8.78 Å². The van der Waals surface area contributed by atoms with Gasteiger partial charge in [0.25, 0.3) is 5.92 Å². The Bertz CT molecular complexity index is 454. The van der Waals surface area contributed by atoms with Gasteiger partial charge in [-0.3, -0.25) is 0 Å². The molecule has 0 radical (unpaired) electrons. The molecule has 1 aromatic rings. The van der Waals surface area contributed by atoms with E-state index < -0.39 is 5.92 Å². The normalized spacial score (nSPS) is 32.2. The molecule has 118 valence electrons. The summed E-state index contributed by atoms with van der Waals surface area (Å²) >= 11 is 0. The first-order valence-electron chi connectivity index (χ1n) is 8.45. The van der Waals surface area contributed by atoms with Crippen LogP contribution in [0.3, 0.4) is 0 Å². The van der Waals surface area contributed by atoms with E-state index in [2.05, 4.69) is 26.0 Å². The van der Waals surface area contributed by atoms with Crippen molar-refractivity contribution in [3.05, 3.63) is 35.9 Å². The van der Waals surface area contributed by atoms with Gasteiger partial charge in [-0.15, -0.1) is 0 Å². The van der Waals surface area contributed by atoms with Gasteiger partial charge in [-0.05, 0) is 36.2 Å². The summed E-state index contributed by atoms with van der Waals surface area (Å²) in [5.41, 5.74) is 1.12. The predicted molar refractivity (Wildman–Crippen MR) is 84.7 cm³/mol. The van der Waals surface area contributed by atoms with Crippen LogP contribution in [0.5, 0.6) is 0 Å². The molecule has 4 unspecified atom stereocenters. The van der Waals surface area contributed by atoms with Gasteiger partial charge >= 0.3 is 0 Å². The van der Waals surface area contributed by atoms with E-state index in [1.54, 1.807) is 0 Å². The summed E-state index contributed by atoms with van der Waals surface area (Å²) in [4.78, 5) is 0. The van der Waals surface area contributed by atoms with Gasteiger partial charge in [0.2, 0.25) is 0 Å². The second-order valence-corrected chi connectivity index (χ2v) is 6.48. The lowest BCUT2D eigenvalue weighted by Gasteiger charge is -2.39. The topological polar surface area (TPSA) is 0 Å². The fourth-order valence-corrected chi connectivity index (χ4v) is 4.29. The van der Waals surface area contributed by atoms with Crippen LogP contribution in [0.4, 0.5) is 8.78 Å². The highest BCUT2D eigenvalue weighted by atomic mass is 19.3. The number of fused-ring (bicyclic) bond motifs is 1. The molecule has 21 heavy (non-hydrogen) atoms. The molecule has 0 N–H and O–H groups in total. The molecule has 2 aliphatic carbocycles. The highest BCUT2D eigenvalue weighted by molar-refractivity contribution is 5.28. The Morgan fingerprint density at radius 3 is 2.33 bits per heavy atom. The lowest BCUT2D eigenvalue weighted by molar-refractivity contribution is 0.0652. The van der Waals surface area contributed by atoms with Gasteiger partial charge in [-0.1, -0.05) is 64.4 Å². The highest BCUT2D eigenvalue weighted by Crippen LogP contribution is 2.67. The molecule has 1 aromatic carbocycles. The molecule has 0 bridgehead atoms. The molecule has 2 aliphatic rings. The lowest BCUT2D eigenvalue weighted by atomic mass is 9.64. The van der Waals surface area contributed by atoms with Crippen LogP contribution >= 0.6 is 0 Å². The van der Waals surface area contributed by atoms with E-state index in [0.717, 1.165) is 25.7 Å². The second kappa shape index (κ2) is 6.06. The van der Waals surface area contributed by atoms with Crippen LogP contribution < -0.4 is 0 Å². The van der Waals surface area contributed by atoms with E-state index >= 15 is 0 Å². The Kier molecular flexibility index (Phi) is 4.75. The molecular formula is C19H28F2. The van der Waals surface area contributed by atoms with Crippen molar-refractivity contribution in [2.45, 2.75) is 64.7 Å². The largest absolute Gasteiger partial charge is 0.254 e. The van der Waals surface area contributed by atoms with Gasteiger partial charge in [0.05, 0.1) is 0 Å². The zero-order valence-electron chi connectivity index (χ0n) is 13.7. The molecule has 2 saturated carbocycles. The predicted octanol–water partition coefficient (Wildman–Crippen LogP) is 6.06. The first kappa shape index (κ1) is 16.5. The molecule has 0 saturated heterocycles. The van der Waals surface area contributed by atoms with Gasteiger partial charge in [0.15, 0.2) is 0 Å². The van der Waals surface area contributed by atoms with Crippen LogP contribution in [-0.2, 0) is 5.41 Å². The quantitative estimate of drug-likeness (QED) is 0.635. The molecule has 0 spiro atoms. The van der Waals surface area contributed by atoms with Crippen LogP contribution in [0.25, 0.3) is 0 Å². The Morgan fingerprint density at radius 2 is 1.76 bits per heavy atom. The third-order valence-electron chi connectivity index (χ3n) is 5.71. The van der Waals surface area contributed by atoms with E-state index in [1.165, 1.54) is 5.56 Å². The van der Waals surface area contributed by atoms with Crippen molar-refractivity contribution >= 4 is 0 Å².